The molecule has 4 nitrogen and oxygen atoms in total. The molecule has 1 rings (SSSR count). The SMILES string of the molecule is CCCN(CC(=O)NC)c1ccc(N)c(C(F)(F)F)c1. The van der Waals surface area contributed by atoms with Crippen LogP contribution in [0.2, 0.25) is 0 Å². The largest absolute Gasteiger partial charge is 0.418 e. The first-order chi connectivity index (χ1) is 9.29. The second-order valence-corrected chi connectivity index (χ2v) is 4.36. The molecule has 0 fully saturated rings. The highest BCUT2D eigenvalue weighted by atomic mass is 19.4. The van der Waals surface area contributed by atoms with Crippen LogP contribution in [0.25, 0.3) is 0 Å². The maximum absolute atomic E-state index is 12.8. The maximum atomic E-state index is 12.8. The average Bonchev–Trinajstić information content (AvgIpc) is 2.37. The predicted molar refractivity (Wildman–Crippen MR) is 72.4 cm³/mol. The normalized spacial score (nSPS) is 11.2. The molecule has 0 saturated carbocycles. The fraction of sp³-hybridized carbons (Fsp3) is 0.462. The molecule has 112 valence electrons. The molecule has 0 spiro atoms. The van der Waals surface area contributed by atoms with Gasteiger partial charge in [0.15, 0.2) is 0 Å². The molecule has 1 aromatic rings. The molecule has 20 heavy (non-hydrogen) atoms. The summed E-state index contributed by atoms with van der Waals surface area (Å²) in [5, 5.41) is 2.45. The van der Waals surface area contributed by atoms with Crippen LogP contribution in [0, 0.1) is 0 Å². The number of nitrogens with zero attached hydrogens (tertiary/aromatic N) is 1. The number of halogens is 3. The van der Waals surface area contributed by atoms with Crippen molar-refractivity contribution in [3.05, 3.63) is 23.8 Å². The number of amides is 1. The van der Waals surface area contributed by atoms with Gasteiger partial charge in [0.1, 0.15) is 0 Å². The molecule has 3 N–H and O–H groups in total. The monoisotopic (exact) mass is 289 g/mol. The van der Waals surface area contributed by atoms with E-state index in [-0.39, 0.29) is 18.1 Å². The Morgan fingerprint density at radius 3 is 2.55 bits per heavy atom. The zero-order valence-electron chi connectivity index (χ0n) is 11.4. The number of benzene rings is 1. The number of carbonyl (C=O) groups is 1. The smallest absolute Gasteiger partial charge is 0.398 e. The number of rotatable bonds is 5. The molecule has 0 atom stereocenters. The summed E-state index contributed by atoms with van der Waals surface area (Å²) >= 11 is 0. The summed E-state index contributed by atoms with van der Waals surface area (Å²) in [6, 6.07) is 3.68. The Kier molecular flexibility index (Phi) is 5.24. The van der Waals surface area contributed by atoms with Crippen LogP contribution in [-0.4, -0.2) is 26.0 Å². The number of nitrogens with one attached hydrogen (secondary N) is 1. The van der Waals surface area contributed by atoms with Gasteiger partial charge in [0.25, 0.3) is 0 Å². The van der Waals surface area contributed by atoms with Crippen molar-refractivity contribution in [2.24, 2.45) is 0 Å². The first-order valence-corrected chi connectivity index (χ1v) is 6.21. The third-order valence-corrected chi connectivity index (χ3v) is 2.81. The summed E-state index contributed by atoms with van der Waals surface area (Å²) in [5.74, 6) is -0.260. The van der Waals surface area contributed by atoms with Crippen LogP contribution in [-0.2, 0) is 11.0 Å². The van der Waals surface area contributed by atoms with Crippen molar-refractivity contribution in [1.29, 1.82) is 0 Å². The van der Waals surface area contributed by atoms with Crippen molar-refractivity contribution in [3.8, 4) is 0 Å². The molecule has 0 saturated heterocycles. The van der Waals surface area contributed by atoms with Gasteiger partial charge in [-0.25, -0.2) is 0 Å². The number of hydrogen-bond acceptors (Lipinski definition) is 3. The predicted octanol–water partition coefficient (Wildman–Crippen LogP) is 2.25. The second-order valence-electron chi connectivity index (χ2n) is 4.36. The van der Waals surface area contributed by atoms with Crippen LogP contribution >= 0.6 is 0 Å². The molecule has 0 heterocycles. The van der Waals surface area contributed by atoms with Gasteiger partial charge >= 0.3 is 6.18 Å². The Morgan fingerprint density at radius 1 is 1.40 bits per heavy atom. The van der Waals surface area contributed by atoms with Gasteiger partial charge in [-0.05, 0) is 24.6 Å². The molecule has 0 radical (unpaired) electrons. The van der Waals surface area contributed by atoms with Gasteiger partial charge in [0.05, 0.1) is 12.1 Å². The van der Waals surface area contributed by atoms with E-state index in [0.29, 0.717) is 18.7 Å². The van der Waals surface area contributed by atoms with Crippen LogP contribution < -0.4 is 16.0 Å². The highest BCUT2D eigenvalue weighted by Crippen LogP contribution is 2.35. The van der Waals surface area contributed by atoms with Crippen LogP contribution in [0.5, 0.6) is 0 Å². The molecule has 0 aliphatic rings. The summed E-state index contributed by atoms with van der Waals surface area (Å²) in [4.78, 5) is 13.0. The zero-order chi connectivity index (χ0) is 15.3. The lowest BCUT2D eigenvalue weighted by atomic mass is 10.1. The van der Waals surface area contributed by atoms with E-state index in [1.807, 2.05) is 6.92 Å². The van der Waals surface area contributed by atoms with E-state index in [2.05, 4.69) is 5.32 Å². The van der Waals surface area contributed by atoms with Gasteiger partial charge < -0.3 is 16.0 Å². The lowest BCUT2D eigenvalue weighted by Gasteiger charge is -2.24. The number of nitrogen functional groups attached to an aromatic ring is 1. The molecule has 0 aromatic heterocycles. The van der Waals surface area contributed by atoms with Crippen molar-refractivity contribution >= 4 is 17.3 Å². The van der Waals surface area contributed by atoms with Crippen molar-refractivity contribution in [2.75, 3.05) is 30.8 Å². The van der Waals surface area contributed by atoms with E-state index in [0.717, 1.165) is 6.07 Å². The van der Waals surface area contributed by atoms with Crippen molar-refractivity contribution < 1.29 is 18.0 Å². The molecule has 1 amide bonds. The minimum atomic E-state index is -4.51. The number of nitrogens with two attached hydrogens (primary N) is 1. The van der Waals surface area contributed by atoms with Gasteiger partial charge in [0.2, 0.25) is 5.91 Å². The van der Waals surface area contributed by atoms with Gasteiger partial charge in [-0.3, -0.25) is 4.79 Å². The van der Waals surface area contributed by atoms with Gasteiger partial charge in [0, 0.05) is 25.0 Å². The lowest BCUT2D eigenvalue weighted by Crippen LogP contribution is -2.36. The van der Waals surface area contributed by atoms with E-state index < -0.39 is 11.7 Å². The third-order valence-electron chi connectivity index (χ3n) is 2.81. The fourth-order valence-electron chi connectivity index (χ4n) is 1.81. The summed E-state index contributed by atoms with van der Waals surface area (Å²) < 4.78 is 38.5. The van der Waals surface area contributed by atoms with E-state index >= 15 is 0 Å². The lowest BCUT2D eigenvalue weighted by molar-refractivity contribution is -0.136. The van der Waals surface area contributed by atoms with Crippen LogP contribution in [0.3, 0.4) is 0 Å². The van der Waals surface area contributed by atoms with E-state index in [9.17, 15) is 18.0 Å². The Bertz CT molecular complexity index is 474. The maximum Gasteiger partial charge on any atom is 0.418 e. The highest BCUT2D eigenvalue weighted by molar-refractivity contribution is 5.81. The van der Waals surface area contributed by atoms with E-state index in [1.165, 1.54) is 19.2 Å². The molecular formula is C13H18F3N3O. The van der Waals surface area contributed by atoms with Crippen LogP contribution in [0.15, 0.2) is 18.2 Å². The first-order valence-electron chi connectivity index (χ1n) is 6.21. The first kappa shape index (κ1) is 16.1. The van der Waals surface area contributed by atoms with Gasteiger partial charge in [-0.2, -0.15) is 13.2 Å². The number of alkyl halides is 3. The number of hydrogen-bond donors (Lipinski definition) is 2. The van der Waals surface area contributed by atoms with E-state index in [4.69, 9.17) is 5.73 Å². The third kappa shape index (κ3) is 4.04. The van der Waals surface area contributed by atoms with E-state index in [1.54, 1.807) is 4.90 Å². The zero-order valence-corrected chi connectivity index (χ0v) is 11.4. The summed E-state index contributed by atoms with van der Waals surface area (Å²) in [5.41, 5.74) is 4.49. The summed E-state index contributed by atoms with van der Waals surface area (Å²) in [7, 11) is 1.48. The molecule has 0 unspecified atom stereocenters. The standard InChI is InChI=1S/C13H18F3N3O/c1-3-6-19(8-12(20)18-2)9-4-5-11(17)10(7-9)13(14,15)16/h4-5,7H,3,6,8,17H2,1-2H3,(H,18,20). The van der Waals surface area contributed by atoms with Crippen molar-refractivity contribution in [1.82, 2.24) is 5.32 Å². The Balaban J connectivity index is 3.11. The van der Waals surface area contributed by atoms with Crippen molar-refractivity contribution in [3.63, 3.8) is 0 Å². The Labute approximate surface area is 115 Å². The molecule has 0 aliphatic carbocycles. The number of anilines is 2. The Hall–Kier alpha value is -1.92. The molecule has 7 heteroatoms. The summed E-state index contributed by atoms with van der Waals surface area (Å²) in [6.07, 6.45) is -3.80. The summed E-state index contributed by atoms with van der Waals surface area (Å²) in [6.45, 7) is 2.37. The average molecular weight is 289 g/mol. The quantitative estimate of drug-likeness (QED) is 0.817. The Morgan fingerprint density at radius 2 is 2.05 bits per heavy atom. The second kappa shape index (κ2) is 6.49. The van der Waals surface area contributed by atoms with Crippen molar-refractivity contribution in [2.45, 2.75) is 19.5 Å². The number of carbonyl (C=O) groups excluding carboxylic acids is 1. The van der Waals surface area contributed by atoms with Gasteiger partial charge in [-0.1, -0.05) is 6.92 Å². The molecule has 0 aliphatic heterocycles. The minimum absolute atomic E-state index is 0.00551. The fourth-order valence-corrected chi connectivity index (χ4v) is 1.81. The van der Waals surface area contributed by atoms with Gasteiger partial charge in [-0.15, -0.1) is 0 Å². The topological polar surface area (TPSA) is 58.4 Å². The van der Waals surface area contributed by atoms with Crippen LogP contribution in [0.1, 0.15) is 18.9 Å². The molecule has 0 bridgehead atoms. The number of likely N-dealkylation sites (N-methyl/N-ethyl adjacent to an activating group) is 1. The molecular weight excluding hydrogens is 271 g/mol. The van der Waals surface area contributed by atoms with Crippen LogP contribution in [0.4, 0.5) is 24.5 Å². The minimum Gasteiger partial charge on any atom is -0.398 e. The highest BCUT2D eigenvalue weighted by Gasteiger charge is 2.33. The molecule has 1 aromatic carbocycles.